The van der Waals surface area contributed by atoms with E-state index in [1.165, 1.54) is 30.4 Å². The number of rotatable bonds is 2. The van der Waals surface area contributed by atoms with Crippen molar-refractivity contribution in [2.45, 2.75) is 24.7 Å². The molecule has 0 heterocycles. The van der Waals surface area contributed by atoms with E-state index in [0.29, 0.717) is 0 Å². The van der Waals surface area contributed by atoms with Gasteiger partial charge in [0.25, 0.3) is 0 Å². The highest BCUT2D eigenvalue weighted by molar-refractivity contribution is 5.74. The largest absolute Gasteiger partial charge is 0.496 e. The van der Waals surface area contributed by atoms with E-state index in [9.17, 15) is 0 Å². The summed E-state index contributed by atoms with van der Waals surface area (Å²) < 4.78 is 10.9. The van der Waals surface area contributed by atoms with Crippen molar-refractivity contribution in [3.05, 3.63) is 29.3 Å². The van der Waals surface area contributed by atoms with E-state index in [0.717, 1.165) is 11.5 Å². The fourth-order valence-electron chi connectivity index (χ4n) is 2.91. The highest BCUT2D eigenvalue weighted by atomic mass is 16.5. The molecule has 0 unspecified atom stereocenters. The molecule has 0 bridgehead atoms. The Hall–Kier alpha value is -1.44. The molecule has 0 N–H and O–H groups in total. The summed E-state index contributed by atoms with van der Waals surface area (Å²) in [4.78, 5) is 0. The van der Waals surface area contributed by atoms with Crippen molar-refractivity contribution in [1.82, 2.24) is 0 Å². The second kappa shape index (κ2) is 3.27. The molecular weight excluding hydrogens is 200 g/mol. The Morgan fingerprint density at radius 2 is 1.75 bits per heavy atom. The quantitative estimate of drug-likeness (QED) is 0.756. The van der Waals surface area contributed by atoms with Gasteiger partial charge in [0.1, 0.15) is 11.5 Å². The molecule has 2 nitrogen and oxygen atoms in total. The molecule has 2 aliphatic rings. The maximum absolute atomic E-state index is 5.49. The first-order chi connectivity index (χ1) is 7.80. The van der Waals surface area contributed by atoms with Crippen molar-refractivity contribution in [2.75, 3.05) is 14.2 Å². The van der Waals surface area contributed by atoms with E-state index in [2.05, 4.69) is 12.2 Å². The van der Waals surface area contributed by atoms with Gasteiger partial charge in [-0.15, -0.1) is 0 Å². The maximum atomic E-state index is 5.49. The first kappa shape index (κ1) is 9.76. The molecule has 0 atom stereocenters. The van der Waals surface area contributed by atoms with Gasteiger partial charge in [-0.3, -0.25) is 0 Å². The number of fused-ring (bicyclic) bond motifs is 2. The van der Waals surface area contributed by atoms with Crippen LogP contribution >= 0.6 is 0 Å². The van der Waals surface area contributed by atoms with Crippen molar-refractivity contribution in [2.24, 2.45) is 0 Å². The number of hydrogen-bond acceptors (Lipinski definition) is 2. The molecule has 2 heteroatoms. The van der Waals surface area contributed by atoms with Crippen LogP contribution in [0.2, 0.25) is 0 Å². The number of methoxy groups -OCH3 is 2. The third kappa shape index (κ3) is 1.07. The number of ether oxygens (including phenoxy) is 2. The van der Waals surface area contributed by atoms with E-state index >= 15 is 0 Å². The highest BCUT2D eigenvalue weighted by Crippen LogP contribution is 2.55. The zero-order valence-corrected chi connectivity index (χ0v) is 9.75. The van der Waals surface area contributed by atoms with Crippen molar-refractivity contribution < 1.29 is 9.47 Å². The first-order valence-corrected chi connectivity index (χ1v) is 5.75. The fourth-order valence-corrected chi connectivity index (χ4v) is 2.91. The molecule has 0 saturated heterocycles. The summed E-state index contributed by atoms with van der Waals surface area (Å²) in [6.07, 6.45) is 8.30. The Morgan fingerprint density at radius 3 is 2.31 bits per heavy atom. The second-order valence-electron chi connectivity index (χ2n) is 4.60. The van der Waals surface area contributed by atoms with E-state index in [-0.39, 0.29) is 5.41 Å². The Kier molecular flexibility index (Phi) is 2.00. The summed E-state index contributed by atoms with van der Waals surface area (Å²) in [5.74, 6) is 1.95. The minimum absolute atomic E-state index is 0.245. The van der Waals surface area contributed by atoms with Gasteiger partial charge in [-0.2, -0.15) is 0 Å². The van der Waals surface area contributed by atoms with Crippen LogP contribution in [-0.2, 0) is 5.41 Å². The van der Waals surface area contributed by atoms with Crippen molar-refractivity contribution >= 4 is 6.08 Å². The molecule has 16 heavy (non-hydrogen) atoms. The molecule has 0 amide bonds. The van der Waals surface area contributed by atoms with Gasteiger partial charge in [-0.25, -0.2) is 0 Å². The Morgan fingerprint density at radius 1 is 1.06 bits per heavy atom. The van der Waals surface area contributed by atoms with Crippen LogP contribution in [-0.4, -0.2) is 14.2 Å². The molecule has 0 radical (unpaired) electrons. The zero-order chi connectivity index (χ0) is 11.2. The maximum Gasteiger partial charge on any atom is 0.126 e. The minimum atomic E-state index is 0.245. The van der Waals surface area contributed by atoms with Crippen LogP contribution in [0.15, 0.2) is 18.2 Å². The summed E-state index contributed by atoms with van der Waals surface area (Å²) in [6.45, 7) is 0. The van der Waals surface area contributed by atoms with Gasteiger partial charge in [0.2, 0.25) is 0 Å². The van der Waals surface area contributed by atoms with E-state index in [1.54, 1.807) is 14.2 Å². The summed E-state index contributed by atoms with van der Waals surface area (Å²) in [5, 5.41) is 0. The summed E-state index contributed by atoms with van der Waals surface area (Å²) >= 11 is 0. The normalized spacial score (nSPS) is 19.4. The zero-order valence-electron chi connectivity index (χ0n) is 9.75. The monoisotopic (exact) mass is 216 g/mol. The van der Waals surface area contributed by atoms with Gasteiger partial charge in [0.05, 0.1) is 14.2 Å². The van der Waals surface area contributed by atoms with Gasteiger partial charge in [-0.1, -0.05) is 18.6 Å². The number of hydrogen-bond donors (Lipinski definition) is 0. The van der Waals surface area contributed by atoms with Crippen LogP contribution in [0.3, 0.4) is 0 Å². The lowest BCUT2D eigenvalue weighted by Crippen LogP contribution is -2.30. The lowest BCUT2D eigenvalue weighted by molar-refractivity contribution is 0.301. The van der Waals surface area contributed by atoms with Crippen molar-refractivity contribution in [3.63, 3.8) is 0 Å². The molecule has 3 rings (SSSR count). The van der Waals surface area contributed by atoms with Crippen LogP contribution < -0.4 is 9.47 Å². The predicted octanol–water partition coefficient (Wildman–Crippen LogP) is 3.15. The predicted molar refractivity (Wildman–Crippen MR) is 64.1 cm³/mol. The minimum Gasteiger partial charge on any atom is -0.496 e. The molecule has 1 spiro atoms. The van der Waals surface area contributed by atoms with Crippen LogP contribution in [0.1, 0.15) is 30.4 Å². The number of allylic oxidation sites excluding steroid dienone is 1. The van der Waals surface area contributed by atoms with E-state index < -0.39 is 0 Å². The highest BCUT2D eigenvalue weighted by Gasteiger charge is 2.43. The van der Waals surface area contributed by atoms with Gasteiger partial charge in [0, 0.05) is 16.5 Å². The summed E-state index contributed by atoms with van der Waals surface area (Å²) in [5.41, 5.74) is 2.79. The SMILES string of the molecule is COc1ccc(OC)c2c1C=CC21CCC1. The van der Waals surface area contributed by atoms with E-state index in [1.807, 2.05) is 12.1 Å². The van der Waals surface area contributed by atoms with Crippen LogP contribution in [0.5, 0.6) is 11.5 Å². The second-order valence-corrected chi connectivity index (χ2v) is 4.60. The van der Waals surface area contributed by atoms with E-state index in [4.69, 9.17) is 9.47 Å². The van der Waals surface area contributed by atoms with Crippen molar-refractivity contribution in [1.29, 1.82) is 0 Å². The first-order valence-electron chi connectivity index (χ1n) is 5.75. The van der Waals surface area contributed by atoms with Gasteiger partial charge in [0.15, 0.2) is 0 Å². The lowest BCUT2D eigenvalue weighted by Gasteiger charge is -2.38. The standard InChI is InChI=1S/C14H16O2/c1-15-11-4-5-12(16-2)13-10(11)6-9-14(13)7-3-8-14/h4-6,9H,3,7-8H2,1-2H3. The number of benzene rings is 1. The average molecular weight is 216 g/mol. The molecule has 84 valence electrons. The van der Waals surface area contributed by atoms with Crippen molar-refractivity contribution in [3.8, 4) is 11.5 Å². The van der Waals surface area contributed by atoms with Gasteiger partial charge < -0.3 is 9.47 Å². The lowest BCUT2D eigenvalue weighted by atomic mass is 9.65. The molecule has 1 fully saturated rings. The third-order valence-electron chi connectivity index (χ3n) is 3.92. The third-order valence-corrected chi connectivity index (χ3v) is 3.92. The molecule has 1 aromatic rings. The fraction of sp³-hybridized carbons (Fsp3) is 0.429. The van der Waals surface area contributed by atoms with Crippen LogP contribution in [0.4, 0.5) is 0 Å². The summed E-state index contributed by atoms with van der Waals surface area (Å²) in [6, 6.07) is 4.00. The molecule has 2 aliphatic carbocycles. The molecule has 0 aromatic heterocycles. The average Bonchev–Trinajstić information content (AvgIpc) is 2.67. The molecular formula is C14H16O2. The van der Waals surface area contributed by atoms with Gasteiger partial charge >= 0.3 is 0 Å². The molecule has 0 aliphatic heterocycles. The van der Waals surface area contributed by atoms with Gasteiger partial charge in [-0.05, 0) is 25.0 Å². The molecule has 1 saturated carbocycles. The van der Waals surface area contributed by atoms with Crippen LogP contribution in [0, 0.1) is 0 Å². The Balaban J connectivity index is 2.21. The summed E-state index contributed by atoms with van der Waals surface area (Å²) in [7, 11) is 3.47. The Bertz CT molecular complexity index is 456. The Labute approximate surface area is 95.9 Å². The molecule has 1 aromatic carbocycles. The van der Waals surface area contributed by atoms with Crippen LogP contribution in [0.25, 0.3) is 6.08 Å². The smallest absolute Gasteiger partial charge is 0.126 e. The topological polar surface area (TPSA) is 18.5 Å².